The lowest BCUT2D eigenvalue weighted by Gasteiger charge is -2.24. The molecule has 0 spiro atoms. The summed E-state index contributed by atoms with van der Waals surface area (Å²) in [6.07, 6.45) is 2.22. The van der Waals surface area contributed by atoms with Crippen molar-refractivity contribution in [3.63, 3.8) is 0 Å². The largest absolute Gasteiger partial charge is 0.337 e. The SMILES string of the molecule is O=C(c1ccc(Cl)cc1[N+](=O)[O-])N1CC2CCCNC2C1. The van der Waals surface area contributed by atoms with E-state index < -0.39 is 4.92 Å². The van der Waals surface area contributed by atoms with Crippen LogP contribution in [-0.4, -0.2) is 41.4 Å². The van der Waals surface area contributed by atoms with Crippen LogP contribution in [0.15, 0.2) is 18.2 Å². The Morgan fingerprint density at radius 1 is 1.43 bits per heavy atom. The van der Waals surface area contributed by atoms with E-state index in [0.29, 0.717) is 25.0 Å². The molecule has 6 nitrogen and oxygen atoms in total. The molecule has 2 fully saturated rings. The Balaban J connectivity index is 1.84. The second-order valence-electron chi connectivity index (χ2n) is 5.59. The summed E-state index contributed by atoms with van der Waals surface area (Å²) in [6.45, 7) is 2.25. The first-order valence-electron chi connectivity index (χ1n) is 7.03. The van der Waals surface area contributed by atoms with Crippen molar-refractivity contribution in [2.45, 2.75) is 18.9 Å². The predicted molar refractivity (Wildman–Crippen MR) is 78.5 cm³/mol. The Labute approximate surface area is 127 Å². The van der Waals surface area contributed by atoms with Gasteiger partial charge < -0.3 is 10.2 Å². The van der Waals surface area contributed by atoms with Gasteiger partial charge in [0.05, 0.1) is 4.92 Å². The molecule has 2 aliphatic heterocycles. The highest BCUT2D eigenvalue weighted by Gasteiger charge is 2.38. The number of amides is 1. The van der Waals surface area contributed by atoms with E-state index in [9.17, 15) is 14.9 Å². The Morgan fingerprint density at radius 3 is 2.95 bits per heavy atom. The van der Waals surface area contributed by atoms with Gasteiger partial charge in [-0.2, -0.15) is 0 Å². The quantitative estimate of drug-likeness (QED) is 0.670. The minimum atomic E-state index is -0.555. The van der Waals surface area contributed by atoms with Crippen molar-refractivity contribution in [3.05, 3.63) is 38.9 Å². The summed E-state index contributed by atoms with van der Waals surface area (Å²) < 4.78 is 0. The minimum absolute atomic E-state index is 0.114. The van der Waals surface area contributed by atoms with Crippen LogP contribution in [-0.2, 0) is 0 Å². The molecule has 2 heterocycles. The first-order valence-corrected chi connectivity index (χ1v) is 7.40. The first-order chi connectivity index (χ1) is 10.1. The molecule has 1 N–H and O–H groups in total. The molecule has 1 aromatic rings. The molecule has 21 heavy (non-hydrogen) atoms. The van der Waals surface area contributed by atoms with Crippen molar-refractivity contribution in [1.82, 2.24) is 10.2 Å². The highest BCUT2D eigenvalue weighted by molar-refractivity contribution is 6.31. The van der Waals surface area contributed by atoms with Crippen molar-refractivity contribution in [2.24, 2.45) is 5.92 Å². The number of carbonyl (C=O) groups is 1. The second-order valence-corrected chi connectivity index (χ2v) is 6.03. The number of nitro benzene ring substituents is 1. The van der Waals surface area contributed by atoms with Gasteiger partial charge in [0.2, 0.25) is 0 Å². The van der Waals surface area contributed by atoms with E-state index in [1.54, 1.807) is 4.90 Å². The third-order valence-corrected chi connectivity index (χ3v) is 4.51. The number of nitrogens with one attached hydrogen (secondary N) is 1. The van der Waals surface area contributed by atoms with Gasteiger partial charge in [-0.15, -0.1) is 0 Å². The van der Waals surface area contributed by atoms with E-state index in [1.807, 2.05) is 0 Å². The highest BCUT2D eigenvalue weighted by Crippen LogP contribution is 2.29. The zero-order chi connectivity index (χ0) is 15.0. The molecule has 2 saturated heterocycles. The third-order valence-electron chi connectivity index (χ3n) is 4.27. The molecule has 0 aliphatic carbocycles. The number of likely N-dealkylation sites (tertiary alicyclic amines) is 1. The second kappa shape index (κ2) is 5.61. The molecular weight excluding hydrogens is 294 g/mol. The Bertz CT molecular complexity index is 579. The minimum Gasteiger partial charge on any atom is -0.337 e. The Morgan fingerprint density at radius 2 is 2.24 bits per heavy atom. The number of halogens is 1. The van der Waals surface area contributed by atoms with Crippen LogP contribution < -0.4 is 5.32 Å². The van der Waals surface area contributed by atoms with Crippen LogP contribution in [0, 0.1) is 16.0 Å². The molecule has 0 aromatic heterocycles. The average Bonchev–Trinajstić information content (AvgIpc) is 2.90. The van der Waals surface area contributed by atoms with Gasteiger partial charge in [-0.05, 0) is 37.4 Å². The van der Waals surface area contributed by atoms with Gasteiger partial charge in [-0.1, -0.05) is 11.6 Å². The summed E-state index contributed by atoms with van der Waals surface area (Å²) in [4.78, 5) is 24.8. The van der Waals surface area contributed by atoms with E-state index in [-0.39, 0.29) is 22.2 Å². The van der Waals surface area contributed by atoms with Gasteiger partial charge in [-0.3, -0.25) is 14.9 Å². The molecule has 2 aliphatic rings. The summed E-state index contributed by atoms with van der Waals surface area (Å²) in [5.74, 6) is 0.170. The predicted octanol–water partition coefficient (Wildman–Crippen LogP) is 2.07. The third kappa shape index (κ3) is 2.73. The van der Waals surface area contributed by atoms with Crippen molar-refractivity contribution in [1.29, 1.82) is 0 Å². The lowest BCUT2D eigenvalue weighted by molar-refractivity contribution is -0.385. The molecule has 7 heteroatoms. The van der Waals surface area contributed by atoms with Crippen LogP contribution in [0.25, 0.3) is 0 Å². The first kappa shape index (κ1) is 14.3. The fraction of sp³-hybridized carbons (Fsp3) is 0.500. The number of piperidine rings is 1. The van der Waals surface area contributed by atoms with Crippen molar-refractivity contribution < 1.29 is 9.72 Å². The van der Waals surface area contributed by atoms with Crippen molar-refractivity contribution in [2.75, 3.05) is 19.6 Å². The van der Waals surface area contributed by atoms with Crippen LogP contribution in [0.1, 0.15) is 23.2 Å². The zero-order valence-electron chi connectivity index (χ0n) is 11.4. The molecule has 1 aromatic carbocycles. The normalized spacial score (nSPS) is 24.7. The summed E-state index contributed by atoms with van der Waals surface area (Å²) in [6, 6.07) is 4.51. The maximum atomic E-state index is 12.6. The van der Waals surface area contributed by atoms with E-state index >= 15 is 0 Å². The fourth-order valence-electron chi connectivity index (χ4n) is 3.22. The summed E-state index contributed by atoms with van der Waals surface area (Å²) in [5, 5.41) is 14.8. The van der Waals surface area contributed by atoms with Gasteiger partial charge in [0.15, 0.2) is 0 Å². The number of hydrogen-bond acceptors (Lipinski definition) is 4. The van der Waals surface area contributed by atoms with Gasteiger partial charge in [-0.25, -0.2) is 0 Å². The lowest BCUT2D eigenvalue weighted by atomic mass is 9.94. The molecule has 2 unspecified atom stereocenters. The summed E-state index contributed by atoms with van der Waals surface area (Å²) in [7, 11) is 0. The zero-order valence-corrected chi connectivity index (χ0v) is 12.2. The monoisotopic (exact) mass is 309 g/mol. The summed E-state index contributed by atoms with van der Waals surface area (Å²) in [5.41, 5.74) is -0.113. The van der Waals surface area contributed by atoms with Crippen LogP contribution in [0.4, 0.5) is 5.69 Å². The van der Waals surface area contributed by atoms with Crippen LogP contribution in [0.5, 0.6) is 0 Å². The molecule has 2 atom stereocenters. The Kier molecular flexibility index (Phi) is 3.82. The molecule has 112 valence electrons. The van der Waals surface area contributed by atoms with Crippen LogP contribution in [0.3, 0.4) is 0 Å². The summed E-state index contributed by atoms with van der Waals surface area (Å²) >= 11 is 5.79. The molecule has 0 radical (unpaired) electrons. The standard InChI is InChI=1S/C14H16ClN3O3/c15-10-3-4-11(13(6-10)18(20)21)14(19)17-7-9-2-1-5-16-12(9)8-17/h3-4,6,9,12,16H,1-2,5,7-8H2. The molecule has 0 saturated carbocycles. The van der Waals surface area contributed by atoms with Gasteiger partial charge in [0.1, 0.15) is 5.56 Å². The van der Waals surface area contributed by atoms with Gasteiger partial charge >= 0.3 is 0 Å². The van der Waals surface area contributed by atoms with E-state index in [2.05, 4.69) is 5.32 Å². The maximum absolute atomic E-state index is 12.6. The number of fused-ring (bicyclic) bond motifs is 1. The number of carbonyl (C=O) groups excluding carboxylic acids is 1. The molecule has 1 amide bonds. The van der Waals surface area contributed by atoms with Crippen molar-refractivity contribution in [3.8, 4) is 0 Å². The molecular formula is C14H16ClN3O3. The topological polar surface area (TPSA) is 75.5 Å². The van der Waals surface area contributed by atoms with Gasteiger partial charge in [0.25, 0.3) is 11.6 Å². The molecule has 3 rings (SSSR count). The lowest BCUT2D eigenvalue weighted by Crippen LogP contribution is -2.41. The van der Waals surface area contributed by atoms with Crippen molar-refractivity contribution >= 4 is 23.2 Å². The Hall–Kier alpha value is -1.66. The number of hydrogen-bond donors (Lipinski definition) is 1. The van der Waals surface area contributed by atoms with E-state index in [1.165, 1.54) is 18.2 Å². The molecule has 0 bridgehead atoms. The number of rotatable bonds is 2. The highest BCUT2D eigenvalue weighted by atomic mass is 35.5. The van der Waals surface area contributed by atoms with E-state index in [4.69, 9.17) is 11.6 Å². The number of benzene rings is 1. The average molecular weight is 310 g/mol. The fourth-order valence-corrected chi connectivity index (χ4v) is 3.39. The van der Waals surface area contributed by atoms with Crippen LogP contribution >= 0.6 is 11.6 Å². The van der Waals surface area contributed by atoms with Gasteiger partial charge in [0, 0.05) is 30.2 Å². The van der Waals surface area contributed by atoms with E-state index in [0.717, 1.165) is 19.4 Å². The maximum Gasteiger partial charge on any atom is 0.283 e. The smallest absolute Gasteiger partial charge is 0.283 e. The number of nitro groups is 1. The number of nitrogens with zero attached hydrogens (tertiary/aromatic N) is 2. The van der Waals surface area contributed by atoms with Crippen LogP contribution in [0.2, 0.25) is 5.02 Å².